The molecule has 1 rings (SSSR count). The lowest BCUT2D eigenvalue weighted by Crippen LogP contribution is -2.59. The van der Waals surface area contributed by atoms with E-state index in [4.69, 9.17) is 10.8 Å². The van der Waals surface area contributed by atoms with Crippen LogP contribution in [-0.2, 0) is 0 Å². The minimum atomic E-state index is -5.57. The van der Waals surface area contributed by atoms with Crippen molar-refractivity contribution in [2.45, 2.75) is 43.0 Å². The number of halogens is 5. The van der Waals surface area contributed by atoms with E-state index in [9.17, 15) is 22.0 Å². The molecule has 3 N–H and O–H groups in total. The Morgan fingerprint density at radius 3 is 1.93 bits per heavy atom. The van der Waals surface area contributed by atoms with Crippen molar-refractivity contribution in [2.24, 2.45) is 5.73 Å². The van der Waals surface area contributed by atoms with Crippen molar-refractivity contribution in [3.8, 4) is 0 Å². The Hall–Kier alpha value is -0.430. The van der Waals surface area contributed by atoms with Crippen LogP contribution in [-0.4, -0.2) is 28.8 Å². The summed E-state index contributed by atoms with van der Waals surface area (Å²) in [5.74, 6) is -4.78. The maximum absolute atomic E-state index is 12.5. The summed E-state index contributed by atoms with van der Waals surface area (Å²) in [5.41, 5.74) is 3.65. The van der Waals surface area contributed by atoms with Crippen molar-refractivity contribution in [1.82, 2.24) is 0 Å². The van der Waals surface area contributed by atoms with E-state index in [-0.39, 0.29) is 12.8 Å². The van der Waals surface area contributed by atoms with E-state index in [1.54, 1.807) is 0 Å². The molecule has 14 heavy (non-hydrogen) atoms. The van der Waals surface area contributed by atoms with Crippen molar-refractivity contribution in [3.05, 3.63) is 0 Å². The molecule has 0 radical (unpaired) electrons. The molecule has 0 aromatic rings. The maximum Gasteiger partial charge on any atom is 0.453 e. The average Bonchev–Trinajstić information content (AvgIpc) is 1.78. The Labute approximate surface area is 76.9 Å². The molecule has 0 bridgehead atoms. The zero-order valence-electron chi connectivity index (χ0n) is 7.11. The Balaban J connectivity index is 2.60. The maximum atomic E-state index is 12.5. The molecule has 1 aliphatic carbocycles. The zero-order chi connectivity index (χ0) is 11.2. The molecule has 7 heteroatoms. The molecule has 0 aliphatic heterocycles. The number of rotatable bonds is 2. The first-order valence-electron chi connectivity index (χ1n) is 3.97. The molecule has 0 amide bonds. The fraction of sp³-hybridized carbons (Fsp3) is 1.00. The molecule has 0 aromatic heterocycles. The van der Waals surface area contributed by atoms with Crippen LogP contribution in [0.2, 0.25) is 0 Å². The quantitative estimate of drug-likeness (QED) is 0.690. The van der Waals surface area contributed by atoms with E-state index in [1.807, 2.05) is 0 Å². The van der Waals surface area contributed by atoms with Gasteiger partial charge in [-0.2, -0.15) is 22.0 Å². The van der Waals surface area contributed by atoms with Gasteiger partial charge in [-0.3, -0.25) is 0 Å². The van der Waals surface area contributed by atoms with Crippen LogP contribution in [0.25, 0.3) is 0 Å². The van der Waals surface area contributed by atoms with Gasteiger partial charge in [0.2, 0.25) is 0 Å². The summed E-state index contributed by atoms with van der Waals surface area (Å²) in [6.07, 6.45) is -8.30. The average molecular weight is 219 g/mol. The van der Waals surface area contributed by atoms with Gasteiger partial charge in [-0.1, -0.05) is 0 Å². The number of aliphatic hydroxyl groups excluding tert-OH is 1. The van der Waals surface area contributed by atoms with E-state index in [1.165, 1.54) is 0 Å². The van der Waals surface area contributed by atoms with E-state index in [2.05, 4.69) is 0 Å². The number of hydrogen-bond donors (Lipinski definition) is 2. The van der Waals surface area contributed by atoms with Crippen LogP contribution < -0.4 is 5.73 Å². The number of alkyl halides is 5. The summed E-state index contributed by atoms with van der Waals surface area (Å²) in [7, 11) is 0. The van der Waals surface area contributed by atoms with Crippen LogP contribution in [0.3, 0.4) is 0 Å². The molecular formula is C7H10F5NO. The van der Waals surface area contributed by atoms with E-state index in [0.29, 0.717) is 0 Å². The highest BCUT2D eigenvalue weighted by molar-refractivity contribution is 5.02. The van der Waals surface area contributed by atoms with Crippen molar-refractivity contribution in [3.63, 3.8) is 0 Å². The van der Waals surface area contributed by atoms with E-state index < -0.39 is 30.2 Å². The second-order valence-corrected chi connectivity index (χ2v) is 3.80. The third-order valence-corrected chi connectivity index (χ3v) is 2.27. The summed E-state index contributed by atoms with van der Waals surface area (Å²) in [5, 5.41) is 8.78. The first-order chi connectivity index (χ1) is 6.06. The summed E-state index contributed by atoms with van der Waals surface area (Å²) in [6.45, 7) is 0. The van der Waals surface area contributed by atoms with Crippen molar-refractivity contribution in [1.29, 1.82) is 0 Å². The second kappa shape index (κ2) is 3.03. The van der Waals surface area contributed by atoms with Crippen LogP contribution in [0, 0.1) is 0 Å². The van der Waals surface area contributed by atoms with Gasteiger partial charge in [-0.15, -0.1) is 0 Å². The molecule has 2 nitrogen and oxygen atoms in total. The molecule has 0 aromatic carbocycles. The van der Waals surface area contributed by atoms with Gasteiger partial charge in [-0.25, -0.2) is 0 Å². The number of hydrogen-bond acceptors (Lipinski definition) is 2. The van der Waals surface area contributed by atoms with Gasteiger partial charge in [0.15, 0.2) is 0 Å². The molecule has 0 spiro atoms. The minimum absolute atomic E-state index is 0.210. The zero-order valence-corrected chi connectivity index (χ0v) is 7.11. The van der Waals surface area contributed by atoms with Crippen LogP contribution in [0.5, 0.6) is 0 Å². The second-order valence-electron chi connectivity index (χ2n) is 3.80. The third kappa shape index (κ3) is 2.14. The smallest absolute Gasteiger partial charge is 0.393 e. The summed E-state index contributed by atoms with van der Waals surface area (Å²) >= 11 is 0. The topological polar surface area (TPSA) is 46.2 Å². The minimum Gasteiger partial charge on any atom is -0.393 e. The Kier molecular flexibility index (Phi) is 2.52. The molecular weight excluding hydrogens is 209 g/mol. The fourth-order valence-corrected chi connectivity index (χ4v) is 1.57. The Morgan fingerprint density at radius 2 is 1.64 bits per heavy atom. The lowest BCUT2D eigenvalue weighted by Gasteiger charge is -2.44. The van der Waals surface area contributed by atoms with Gasteiger partial charge in [0.05, 0.1) is 6.10 Å². The lowest BCUT2D eigenvalue weighted by atomic mass is 9.71. The van der Waals surface area contributed by atoms with Crippen molar-refractivity contribution >= 4 is 0 Å². The van der Waals surface area contributed by atoms with Gasteiger partial charge >= 0.3 is 12.1 Å². The molecule has 1 aliphatic rings. The van der Waals surface area contributed by atoms with Gasteiger partial charge in [-0.05, 0) is 12.8 Å². The lowest BCUT2D eigenvalue weighted by molar-refractivity contribution is -0.292. The van der Waals surface area contributed by atoms with E-state index >= 15 is 0 Å². The fourth-order valence-electron chi connectivity index (χ4n) is 1.57. The number of aliphatic hydroxyl groups is 1. The number of nitrogens with two attached hydrogens (primary N) is 1. The van der Waals surface area contributed by atoms with Crippen molar-refractivity contribution in [2.75, 3.05) is 0 Å². The molecule has 84 valence electrons. The summed E-state index contributed by atoms with van der Waals surface area (Å²) in [4.78, 5) is 0. The first-order valence-corrected chi connectivity index (χ1v) is 3.97. The normalized spacial score (nSPS) is 34.1. The van der Waals surface area contributed by atoms with Gasteiger partial charge in [0.25, 0.3) is 0 Å². The molecule has 1 saturated carbocycles. The van der Waals surface area contributed by atoms with Crippen LogP contribution in [0.1, 0.15) is 19.3 Å². The largest absolute Gasteiger partial charge is 0.453 e. The van der Waals surface area contributed by atoms with Gasteiger partial charge in [0.1, 0.15) is 0 Å². The molecule has 0 saturated heterocycles. The van der Waals surface area contributed by atoms with Crippen LogP contribution in [0.15, 0.2) is 0 Å². The van der Waals surface area contributed by atoms with Gasteiger partial charge < -0.3 is 10.8 Å². The summed E-state index contributed by atoms with van der Waals surface area (Å²) in [6, 6.07) is 0. The first kappa shape index (κ1) is 11.6. The monoisotopic (exact) mass is 219 g/mol. The third-order valence-electron chi connectivity index (χ3n) is 2.27. The summed E-state index contributed by atoms with van der Waals surface area (Å²) < 4.78 is 60.2. The SMILES string of the molecule is NC1(CC(F)(F)C(F)(F)F)CC(O)C1. The Bertz CT molecular complexity index is 221. The van der Waals surface area contributed by atoms with Crippen LogP contribution >= 0.6 is 0 Å². The highest BCUT2D eigenvalue weighted by Crippen LogP contribution is 2.45. The highest BCUT2D eigenvalue weighted by atomic mass is 19.4. The molecule has 0 heterocycles. The molecule has 0 atom stereocenters. The predicted molar refractivity (Wildman–Crippen MR) is 37.8 cm³/mol. The Morgan fingerprint density at radius 1 is 1.21 bits per heavy atom. The highest BCUT2D eigenvalue weighted by Gasteiger charge is 2.61. The molecule has 1 fully saturated rings. The standard InChI is InChI=1S/C7H10F5NO/c8-6(9,7(10,11)12)3-5(13)1-4(14)2-5/h4,14H,1-3,13H2. The van der Waals surface area contributed by atoms with E-state index in [0.717, 1.165) is 0 Å². The van der Waals surface area contributed by atoms with Crippen molar-refractivity contribution < 1.29 is 27.1 Å². The molecule has 0 unspecified atom stereocenters. The predicted octanol–water partition coefficient (Wildman–Crippen LogP) is 1.43. The van der Waals surface area contributed by atoms with Crippen LogP contribution in [0.4, 0.5) is 22.0 Å². The van der Waals surface area contributed by atoms with Gasteiger partial charge in [0, 0.05) is 12.0 Å².